The van der Waals surface area contributed by atoms with Crippen molar-refractivity contribution in [2.45, 2.75) is 31.7 Å². The van der Waals surface area contributed by atoms with Crippen LogP contribution in [0.25, 0.3) is 10.9 Å². The molecule has 1 amide bonds. The van der Waals surface area contributed by atoms with Gasteiger partial charge in [-0.05, 0) is 31.0 Å². The number of aromatic amines is 1. The second kappa shape index (κ2) is 6.31. The summed E-state index contributed by atoms with van der Waals surface area (Å²) in [7, 11) is 1.91. The minimum atomic E-state index is 0.187. The molecule has 112 valence electrons. The molecule has 2 heterocycles. The van der Waals surface area contributed by atoms with Gasteiger partial charge < -0.3 is 15.2 Å². The molecule has 1 aromatic carbocycles. The molecule has 0 radical (unpaired) electrons. The second-order valence-corrected chi connectivity index (χ2v) is 5.96. The third kappa shape index (κ3) is 3.27. The van der Waals surface area contributed by atoms with E-state index in [1.165, 1.54) is 19.3 Å². The zero-order chi connectivity index (χ0) is 14.7. The zero-order valence-electron chi connectivity index (χ0n) is 12.6. The first-order valence-electron chi connectivity index (χ1n) is 7.76. The van der Waals surface area contributed by atoms with Gasteiger partial charge in [0, 0.05) is 36.7 Å². The molecule has 2 aromatic rings. The number of hydrogen-bond acceptors (Lipinski definition) is 2. The molecule has 0 spiro atoms. The zero-order valence-corrected chi connectivity index (χ0v) is 12.6. The molecule has 1 fully saturated rings. The fraction of sp³-hybridized carbons (Fsp3) is 0.471. The standard InChI is InChI=1S/C17H23N3O/c1-20(12-14-6-4-5-9-18-14)17(21)10-13-11-19-16-8-3-2-7-15(13)16/h2-3,7-8,11,14,18-19H,4-6,9-10,12H2,1H3. The molecular formula is C17H23N3O. The van der Waals surface area contributed by atoms with E-state index in [0.29, 0.717) is 12.5 Å². The van der Waals surface area contributed by atoms with Crippen molar-refractivity contribution >= 4 is 16.8 Å². The lowest BCUT2D eigenvalue weighted by Gasteiger charge is -2.28. The summed E-state index contributed by atoms with van der Waals surface area (Å²) in [6.07, 6.45) is 6.11. The Morgan fingerprint density at radius 3 is 3.00 bits per heavy atom. The van der Waals surface area contributed by atoms with Crippen molar-refractivity contribution in [2.75, 3.05) is 20.1 Å². The van der Waals surface area contributed by atoms with Gasteiger partial charge in [-0.2, -0.15) is 0 Å². The first-order valence-corrected chi connectivity index (χ1v) is 7.76. The molecule has 4 nitrogen and oxygen atoms in total. The number of nitrogens with zero attached hydrogens (tertiary/aromatic N) is 1. The normalized spacial score (nSPS) is 18.8. The Morgan fingerprint density at radius 1 is 1.33 bits per heavy atom. The highest BCUT2D eigenvalue weighted by atomic mass is 16.2. The predicted molar refractivity (Wildman–Crippen MR) is 85.3 cm³/mol. The smallest absolute Gasteiger partial charge is 0.226 e. The topological polar surface area (TPSA) is 48.1 Å². The monoisotopic (exact) mass is 285 g/mol. The molecule has 21 heavy (non-hydrogen) atoms. The summed E-state index contributed by atoms with van der Waals surface area (Å²) in [5.41, 5.74) is 2.18. The third-order valence-electron chi connectivity index (χ3n) is 4.35. The fourth-order valence-corrected chi connectivity index (χ4v) is 3.09. The largest absolute Gasteiger partial charge is 0.361 e. The van der Waals surface area contributed by atoms with Crippen LogP contribution in [-0.2, 0) is 11.2 Å². The van der Waals surface area contributed by atoms with Gasteiger partial charge in [0.25, 0.3) is 0 Å². The van der Waals surface area contributed by atoms with Gasteiger partial charge in [-0.15, -0.1) is 0 Å². The van der Waals surface area contributed by atoms with E-state index in [1.54, 1.807) is 0 Å². The van der Waals surface area contributed by atoms with E-state index in [1.807, 2.05) is 36.3 Å². The number of fused-ring (bicyclic) bond motifs is 1. The van der Waals surface area contributed by atoms with Crippen LogP contribution in [0.2, 0.25) is 0 Å². The van der Waals surface area contributed by atoms with Crippen LogP contribution in [0.4, 0.5) is 0 Å². The number of hydrogen-bond donors (Lipinski definition) is 2. The van der Waals surface area contributed by atoms with Gasteiger partial charge in [0.2, 0.25) is 5.91 Å². The van der Waals surface area contributed by atoms with Crippen molar-refractivity contribution in [3.05, 3.63) is 36.0 Å². The van der Waals surface area contributed by atoms with Crippen molar-refractivity contribution in [1.82, 2.24) is 15.2 Å². The number of piperidine rings is 1. The molecule has 3 rings (SSSR count). The number of rotatable bonds is 4. The maximum absolute atomic E-state index is 12.4. The Balaban J connectivity index is 1.62. The van der Waals surface area contributed by atoms with Crippen LogP contribution >= 0.6 is 0 Å². The Hall–Kier alpha value is -1.81. The fourth-order valence-electron chi connectivity index (χ4n) is 3.09. The van der Waals surface area contributed by atoms with Gasteiger partial charge in [-0.25, -0.2) is 0 Å². The first kappa shape index (κ1) is 14.1. The van der Waals surface area contributed by atoms with E-state index >= 15 is 0 Å². The van der Waals surface area contributed by atoms with Crippen molar-refractivity contribution < 1.29 is 4.79 Å². The highest BCUT2D eigenvalue weighted by molar-refractivity contribution is 5.88. The van der Waals surface area contributed by atoms with Gasteiger partial charge in [0.05, 0.1) is 6.42 Å². The van der Waals surface area contributed by atoms with Crippen LogP contribution in [0.3, 0.4) is 0 Å². The number of aromatic nitrogens is 1. The van der Waals surface area contributed by atoms with Gasteiger partial charge in [-0.3, -0.25) is 4.79 Å². The van der Waals surface area contributed by atoms with E-state index in [9.17, 15) is 4.79 Å². The predicted octanol–water partition coefficient (Wildman–Crippen LogP) is 2.31. The molecule has 1 saturated heterocycles. The lowest BCUT2D eigenvalue weighted by Crippen LogP contribution is -2.44. The van der Waals surface area contributed by atoms with Crippen molar-refractivity contribution in [1.29, 1.82) is 0 Å². The van der Waals surface area contributed by atoms with E-state index in [-0.39, 0.29) is 5.91 Å². The molecule has 4 heteroatoms. The summed E-state index contributed by atoms with van der Waals surface area (Å²) in [5.74, 6) is 0.187. The minimum Gasteiger partial charge on any atom is -0.361 e. The Labute approximate surface area is 125 Å². The number of carbonyl (C=O) groups is 1. The Bertz CT molecular complexity index is 613. The summed E-state index contributed by atoms with van der Waals surface area (Å²) in [6, 6.07) is 8.58. The quantitative estimate of drug-likeness (QED) is 0.905. The number of carbonyl (C=O) groups excluding carboxylic acids is 1. The average Bonchev–Trinajstić information content (AvgIpc) is 2.91. The van der Waals surface area contributed by atoms with Crippen LogP contribution < -0.4 is 5.32 Å². The van der Waals surface area contributed by atoms with Crippen LogP contribution in [0.1, 0.15) is 24.8 Å². The van der Waals surface area contributed by atoms with Crippen LogP contribution in [0, 0.1) is 0 Å². The summed E-state index contributed by atoms with van der Waals surface area (Å²) < 4.78 is 0. The molecule has 0 saturated carbocycles. The third-order valence-corrected chi connectivity index (χ3v) is 4.35. The number of H-pyrrole nitrogens is 1. The molecule has 0 bridgehead atoms. The van der Waals surface area contributed by atoms with E-state index in [2.05, 4.69) is 16.4 Å². The molecule has 1 aromatic heterocycles. The Kier molecular flexibility index (Phi) is 4.25. The van der Waals surface area contributed by atoms with E-state index in [4.69, 9.17) is 0 Å². The number of amides is 1. The Morgan fingerprint density at radius 2 is 2.19 bits per heavy atom. The van der Waals surface area contributed by atoms with Crippen molar-refractivity contribution in [2.24, 2.45) is 0 Å². The number of para-hydroxylation sites is 1. The summed E-state index contributed by atoms with van der Waals surface area (Å²) in [6.45, 7) is 1.89. The molecule has 1 atom stereocenters. The average molecular weight is 285 g/mol. The van der Waals surface area contributed by atoms with Crippen LogP contribution in [0.15, 0.2) is 30.5 Å². The molecular weight excluding hydrogens is 262 g/mol. The molecule has 1 aliphatic rings. The summed E-state index contributed by atoms with van der Waals surface area (Å²) >= 11 is 0. The van der Waals surface area contributed by atoms with Gasteiger partial charge in [0.15, 0.2) is 0 Å². The summed E-state index contributed by atoms with van der Waals surface area (Å²) in [4.78, 5) is 17.5. The molecule has 1 unspecified atom stereocenters. The highest BCUT2D eigenvalue weighted by Crippen LogP contribution is 2.18. The van der Waals surface area contributed by atoms with Crippen molar-refractivity contribution in [3.63, 3.8) is 0 Å². The van der Waals surface area contributed by atoms with Gasteiger partial charge >= 0.3 is 0 Å². The lowest BCUT2D eigenvalue weighted by molar-refractivity contribution is -0.129. The molecule has 2 N–H and O–H groups in total. The lowest BCUT2D eigenvalue weighted by atomic mass is 10.0. The maximum Gasteiger partial charge on any atom is 0.226 e. The van der Waals surface area contributed by atoms with Gasteiger partial charge in [0.1, 0.15) is 0 Å². The number of likely N-dealkylation sites (N-methyl/N-ethyl adjacent to an activating group) is 1. The number of nitrogens with one attached hydrogen (secondary N) is 2. The van der Waals surface area contributed by atoms with E-state index in [0.717, 1.165) is 29.6 Å². The maximum atomic E-state index is 12.4. The minimum absolute atomic E-state index is 0.187. The second-order valence-electron chi connectivity index (χ2n) is 5.96. The summed E-state index contributed by atoms with van der Waals surface area (Å²) in [5, 5.41) is 4.64. The first-order chi connectivity index (χ1) is 10.2. The van der Waals surface area contributed by atoms with Crippen molar-refractivity contribution in [3.8, 4) is 0 Å². The van der Waals surface area contributed by atoms with Crippen LogP contribution in [0.5, 0.6) is 0 Å². The molecule has 1 aliphatic heterocycles. The number of benzene rings is 1. The molecule has 0 aliphatic carbocycles. The highest BCUT2D eigenvalue weighted by Gasteiger charge is 2.18. The van der Waals surface area contributed by atoms with E-state index < -0.39 is 0 Å². The van der Waals surface area contributed by atoms with Crippen LogP contribution in [-0.4, -0.2) is 42.0 Å². The van der Waals surface area contributed by atoms with Gasteiger partial charge in [-0.1, -0.05) is 24.6 Å². The SMILES string of the molecule is CN(CC1CCCCN1)C(=O)Cc1c[nH]c2ccccc12.